The Kier molecular flexibility index (Phi) is 5.05. The zero-order valence-corrected chi connectivity index (χ0v) is 13.0. The minimum absolute atomic E-state index is 0.0693. The fraction of sp³-hybridized carbons (Fsp3) is 0.412. The SMILES string of the molecule is NC(=O)c1ccc(-c2cnn(CCOC3CCCCO3)c2)cc1. The van der Waals surface area contributed by atoms with Crippen LogP contribution in [-0.4, -0.2) is 35.2 Å². The molecule has 0 bridgehead atoms. The monoisotopic (exact) mass is 315 g/mol. The van der Waals surface area contributed by atoms with E-state index in [0.29, 0.717) is 18.7 Å². The summed E-state index contributed by atoms with van der Waals surface area (Å²) in [6.07, 6.45) is 6.95. The van der Waals surface area contributed by atoms with Gasteiger partial charge in [-0.1, -0.05) is 12.1 Å². The van der Waals surface area contributed by atoms with Crippen LogP contribution < -0.4 is 5.73 Å². The van der Waals surface area contributed by atoms with Crippen molar-refractivity contribution in [3.63, 3.8) is 0 Å². The molecule has 1 unspecified atom stereocenters. The van der Waals surface area contributed by atoms with Crippen molar-refractivity contribution in [1.82, 2.24) is 9.78 Å². The fourth-order valence-electron chi connectivity index (χ4n) is 2.58. The van der Waals surface area contributed by atoms with Gasteiger partial charge in [0, 0.05) is 23.9 Å². The zero-order valence-electron chi connectivity index (χ0n) is 13.0. The third-order valence-electron chi connectivity index (χ3n) is 3.90. The summed E-state index contributed by atoms with van der Waals surface area (Å²) in [6, 6.07) is 7.18. The first kappa shape index (κ1) is 15.7. The number of nitrogens with two attached hydrogens (primary N) is 1. The minimum Gasteiger partial charge on any atom is -0.366 e. The molecule has 0 saturated carbocycles. The average Bonchev–Trinajstić information content (AvgIpc) is 3.05. The molecule has 1 fully saturated rings. The van der Waals surface area contributed by atoms with Crippen molar-refractivity contribution in [2.45, 2.75) is 32.1 Å². The quantitative estimate of drug-likeness (QED) is 0.886. The highest BCUT2D eigenvalue weighted by Crippen LogP contribution is 2.19. The smallest absolute Gasteiger partial charge is 0.248 e. The fourth-order valence-corrected chi connectivity index (χ4v) is 2.58. The van der Waals surface area contributed by atoms with Gasteiger partial charge in [0.25, 0.3) is 0 Å². The molecule has 0 radical (unpaired) electrons. The molecule has 2 aromatic rings. The Hall–Kier alpha value is -2.18. The van der Waals surface area contributed by atoms with Gasteiger partial charge in [0.15, 0.2) is 6.29 Å². The van der Waals surface area contributed by atoms with Crippen molar-refractivity contribution in [1.29, 1.82) is 0 Å². The van der Waals surface area contributed by atoms with Gasteiger partial charge in [-0.05, 0) is 37.0 Å². The van der Waals surface area contributed by atoms with Crippen LogP contribution in [0.1, 0.15) is 29.6 Å². The summed E-state index contributed by atoms with van der Waals surface area (Å²) in [5.74, 6) is -0.422. The maximum atomic E-state index is 11.1. The minimum atomic E-state index is -0.422. The molecule has 122 valence electrons. The molecule has 1 aliphatic heterocycles. The summed E-state index contributed by atoms with van der Waals surface area (Å²) in [5, 5.41) is 4.34. The third-order valence-corrected chi connectivity index (χ3v) is 3.90. The summed E-state index contributed by atoms with van der Waals surface area (Å²) >= 11 is 0. The summed E-state index contributed by atoms with van der Waals surface area (Å²) in [7, 11) is 0. The van der Waals surface area contributed by atoms with Crippen LogP contribution in [0.4, 0.5) is 0 Å². The van der Waals surface area contributed by atoms with Crippen LogP contribution in [0.2, 0.25) is 0 Å². The normalized spacial score (nSPS) is 18.0. The Bertz CT molecular complexity index is 645. The lowest BCUT2D eigenvalue weighted by Crippen LogP contribution is -2.24. The standard InChI is InChI=1S/C17H21N3O3/c18-17(21)14-6-4-13(5-7-14)15-11-19-20(12-15)8-10-23-16-3-1-2-9-22-16/h4-7,11-12,16H,1-3,8-10H2,(H2,18,21). The Labute approximate surface area is 135 Å². The third kappa shape index (κ3) is 4.18. The summed E-state index contributed by atoms with van der Waals surface area (Å²) in [4.78, 5) is 11.1. The molecule has 1 saturated heterocycles. The van der Waals surface area contributed by atoms with Crippen LogP contribution in [0.5, 0.6) is 0 Å². The van der Waals surface area contributed by atoms with E-state index in [1.807, 2.05) is 23.0 Å². The Morgan fingerprint density at radius 3 is 2.83 bits per heavy atom. The molecule has 1 amide bonds. The van der Waals surface area contributed by atoms with Crippen molar-refractivity contribution >= 4 is 5.91 Å². The van der Waals surface area contributed by atoms with E-state index in [2.05, 4.69) is 5.10 Å². The maximum Gasteiger partial charge on any atom is 0.248 e. The van der Waals surface area contributed by atoms with Gasteiger partial charge in [-0.2, -0.15) is 5.10 Å². The molecule has 3 rings (SSSR count). The van der Waals surface area contributed by atoms with Crippen LogP contribution >= 0.6 is 0 Å². The van der Waals surface area contributed by atoms with Gasteiger partial charge in [-0.15, -0.1) is 0 Å². The van der Waals surface area contributed by atoms with Crippen LogP contribution in [0, 0.1) is 0 Å². The van der Waals surface area contributed by atoms with Gasteiger partial charge in [0.2, 0.25) is 5.91 Å². The van der Waals surface area contributed by atoms with E-state index >= 15 is 0 Å². The topological polar surface area (TPSA) is 79.4 Å². The second-order valence-electron chi connectivity index (χ2n) is 5.60. The number of primary amides is 1. The number of rotatable bonds is 6. The second kappa shape index (κ2) is 7.39. The molecule has 2 N–H and O–H groups in total. The van der Waals surface area contributed by atoms with E-state index < -0.39 is 5.91 Å². The van der Waals surface area contributed by atoms with Gasteiger partial charge < -0.3 is 15.2 Å². The Balaban J connectivity index is 1.54. The molecule has 0 spiro atoms. The van der Waals surface area contributed by atoms with E-state index in [4.69, 9.17) is 15.2 Å². The number of carbonyl (C=O) groups excluding carboxylic acids is 1. The van der Waals surface area contributed by atoms with Crippen LogP contribution in [0.3, 0.4) is 0 Å². The Morgan fingerprint density at radius 1 is 1.30 bits per heavy atom. The van der Waals surface area contributed by atoms with Gasteiger partial charge >= 0.3 is 0 Å². The molecule has 6 heteroatoms. The van der Waals surface area contributed by atoms with E-state index in [1.54, 1.807) is 18.3 Å². The first-order valence-corrected chi connectivity index (χ1v) is 7.88. The van der Waals surface area contributed by atoms with Crippen molar-refractivity contribution in [2.75, 3.05) is 13.2 Å². The lowest BCUT2D eigenvalue weighted by atomic mass is 10.1. The molecule has 1 aromatic carbocycles. The van der Waals surface area contributed by atoms with Gasteiger partial charge in [-0.25, -0.2) is 0 Å². The van der Waals surface area contributed by atoms with Crippen LogP contribution in [0.15, 0.2) is 36.7 Å². The predicted molar refractivity (Wildman–Crippen MR) is 85.7 cm³/mol. The van der Waals surface area contributed by atoms with Crippen molar-refractivity contribution in [3.8, 4) is 11.1 Å². The molecule has 2 heterocycles. The van der Waals surface area contributed by atoms with E-state index in [0.717, 1.165) is 37.0 Å². The first-order chi connectivity index (χ1) is 11.2. The van der Waals surface area contributed by atoms with Gasteiger partial charge in [0.1, 0.15) is 0 Å². The molecule has 6 nitrogen and oxygen atoms in total. The van der Waals surface area contributed by atoms with Gasteiger partial charge in [-0.3, -0.25) is 9.48 Å². The lowest BCUT2D eigenvalue weighted by Gasteiger charge is -2.22. The number of hydrogen-bond acceptors (Lipinski definition) is 4. The van der Waals surface area contributed by atoms with E-state index in [1.165, 1.54) is 0 Å². The average molecular weight is 315 g/mol. The molecular weight excluding hydrogens is 294 g/mol. The number of amides is 1. The largest absolute Gasteiger partial charge is 0.366 e. The number of ether oxygens (including phenoxy) is 2. The summed E-state index contributed by atoms with van der Waals surface area (Å²) < 4.78 is 13.1. The lowest BCUT2D eigenvalue weighted by molar-refractivity contribution is -0.163. The van der Waals surface area contributed by atoms with E-state index in [-0.39, 0.29) is 6.29 Å². The maximum absolute atomic E-state index is 11.1. The number of benzene rings is 1. The Morgan fingerprint density at radius 2 is 2.13 bits per heavy atom. The van der Waals surface area contributed by atoms with Crippen molar-refractivity contribution in [3.05, 3.63) is 42.2 Å². The highest BCUT2D eigenvalue weighted by atomic mass is 16.7. The molecule has 23 heavy (non-hydrogen) atoms. The molecule has 1 atom stereocenters. The van der Waals surface area contributed by atoms with Crippen molar-refractivity contribution in [2.24, 2.45) is 5.73 Å². The van der Waals surface area contributed by atoms with Crippen LogP contribution in [-0.2, 0) is 16.0 Å². The number of aromatic nitrogens is 2. The second-order valence-corrected chi connectivity index (χ2v) is 5.60. The number of hydrogen-bond donors (Lipinski definition) is 1. The zero-order chi connectivity index (χ0) is 16.1. The first-order valence-electron chi connectivity index (χ1n) is 7.88. The van der Waals surface area contributed by atoms with Crippen molar-refractivity contribution < 1.29 is 14.3 Å². The summed E-state index contributed by atoms with van der Waals surface area (Å²) in [6.45, 7) is 2.05. The summed E-state index contributed by atoms with van der Waals surface area (Å²) in [5.41, 5.74) is 7.74. The van der Waals surface area contributed by atoms with Gasteiger partial charge in [0.05, 0.1) is 19.3 Å². The predicted octanol–water partition coefficient (Wildman–Crippen LogP) is 2.19. The highest BCUT2D eigenvalue weighted by molar-refractivity contribution is 5.93. The number of nitrogens with zero attached hydrogens (tertiary/aromatic N) is 2. The van der Waals surface area contributed by atoms with E-state index in [9.17, 15) is 4.79 Å². The number of carbonyl (C=O) groups is 1. The highest BCUT2D eigenvalue weighted by Gasteiger charge is 2.13. The molecular formula is C17H21N3O3. The molecule has 0 aliphatic carbocycles. The van der Waals surface area contributed by atoms with Crippen LogP contribution in [0.25, 0.3) is 11.1 Å². The molecule has 1 aromatic heterocycles. The molecule has 1 aliphatic rings.